The van der Waals surface area contributed by atoms with Crippen molar-refractivity contribution in [3.8, 4) is 0 Å². The maximum absolute atomic E-state index is 6.41. The van der Waals surface area contributed by atoms with Crippen LogP contribution in [0.3, 0.4) is 0 Å². The van der Waals surface area contributed by atoms with E-state index in [-0.39, 0.29) is 11.5 Å². The molecule has 0 amide bonds. The molecule has 0 unspecified atom stereocenters. The molecule has 2 heterocycles. The third kappa shape index (κ3) is 2.95. The smallest absolute Gasteiger partial charge is 0.189 e. The van der Waals surface area contributed by atoms with Crippen LogP contribution in [0.1, 0.15) is 49.5 Å². The second-order valence-corrected chi connectivity index (χ2v) is 7.73. The highest BCUT2D eigenvalue weighted by Crippen LogP contribution is 2.41. The number of aryl methyl sites for hydroxylation is 1. The highest BCUT2D eigenvalue weighted by Gasteiger charge is 2.35. The van der Waals surface area contributed by atoms with Gasteiger partial charge in [0.1, 0.15) is 6.10 Å². The minimum absolute atomic E-state index is 0.0440. The molecule has 0 bridgehead atoms. The minimum Gasteiger partial charge on any atom is -0.472 e. The summed E-state index contributed by atoms with van der Waals surface area (Å²) >= 11 is 1.74. The lowest BCUT2D eigenvalue weighted by molar-refractivity contribution is 0.123. The van der Waals surface area contributed by atoms with Crippen molar-refractivity contribution in [1.82, 2.24) is 0 Å². The summed E-state index contributed by atoms with van der Waals surface area (Å²) in [5.41, 5.74) is 3.83. The molecule has 0 N–H and O–H groups in total. The lowest BCUT2D eigenvalue weighted by atomic mass is 9.86. The van der Waals surface area contributed by atoms with Gasteiger partial charge in [-0.3, -0.25) is 4.99 Å². The average Bonchev–Trinajstić information content (AvgIpc) is 3.00. The zero-order chi connectivity index (χ0) is 15.7. The second-order valence-electron chi connectivity index (χ2n) is 6.95. The summed E-state index contributed by atoms with van der Waals surface area (Å²) in [6, 6.07) is 10.7. The van der Waals surface area contributed by atoms with Gasteiger partial charge >= 0.3 is 0 Å². The van der Waals surface area contributed by atoms with Crippen LogP contribution < -0.4 is 0 Å². The molecule has 3 heteroatoms. The van der Waals surface area contributed by atoms with E-state index in [0.29, 0.717) is 5.92 Å². The zero-order valence-electron chi connectivity index (χ0n) is 13.7. The first-order chi connectivity index (χ1) is 10.5. The Labute approximate surface area is 136 Å². The molecule has 3 rings (SSSR count). The molecule has 2 aromatic rings. The number of ether oxygens (including phenoxy) is 1. The molecule has 0 spiro atoms. The van der Waals surface area contributed by atoms with E-state index in [2.05, 4.69) is 68.8 Å². The van der Waals surface area contributed by atoms with Gasteiger partial charge in [-0.15, -0.1) is 0 Å². The number of nitrogens with zero attached hydrogens (tertiary/aromatic N) is 1. The van der Waals surface area contributed by atoms with E-state index in [1.165, 1.54) is 16.7 Å². The summed E-state index contributed by atoms with van der Waals surface area (Å²) < 4.78 is 6.41. The maximum Gasteiger partial charge on any atom is 0.189 e. The number of hydrogen-bond acceptors (Lipinski definition) is 3. The van der Waals surface area contributed by atoms with Crippen LogP contribution in [0.15, 0.2) is 46.1 Å². The van der Waals surface area contributed by atoms with Crippen LogP contribution >= 0.6 is 11.3 Å². The van der Waals surface area contributed by atoms with Crippen LogP contribution in [0.25, 0.3) is 0 Å². The van der Waals surface area contributed by atoms with Gasteiger partial charge in [-0.2, -0.15) is 11.3 Å². The largest absolute Gasteiger partial charge is 0.472 e. The van der Waals surface area contributed by atoms with Gasteiger partial charge in [0, 0.05) is 11.3 Å². The molecule has 0 saturated heterocycles. The van der Waals surface area contributed by atoms with E-state index < -0.39 is 0 Å². The lowest BCUT2D eigenvalue weighted by Crippen LogP contribution is -2.33. The van der Waals surface area contributed by atoms with Crippen LogP contribution in [0, 0.1) is 12.3 Å². The lowest BCUT2D eigenvalue weighted by Gasteiger charge is -2.36. The van der Waals surface area contributed by atoms with Gasteiger partial charge in [0.15, 0.2) is 5.90 Å². The number of benzene rings is 1. The highest BCUT2D eigenvalue weighted by atomic mass is 32.1. The fraction of sp³-hybridized carbons (Fsp3) is 0.421. The molecule has 1 aliphatic heterocycles. The molecule has 0 aliphatic carbocycles. The minimum atomic E-state index is -0.0550. The number of rotatable bonds is 2. The fourth-order valence-electron chi connectivity index (χ4n) is 2.88. The molecule has 1 aromatic carbocycles. The van der Waals surface area contributed by atoms with Gasteiger partial charge in [0.2, 0.25) is 0 Å². The Hall–Kier alpha value is -1.61. The average molecular weight is 313 g/mol. The first-order valence-electron chi connectivity index (χ1n) is 7.76. The predicted molar refractivity (Wildman–Crippen MR) is 93.8 cm³/mol. The Kier molecular flexibility index (Phi) is 4.09. The Balaban J connectivity index is 2.02. The summed E-state index contributed by atoms with van der Waals surface area (Å²) in [6.45, 7) is 9.43. The van der Waals surface area contributed by atoms with Crippen molar-refractivity contribution in [3.63, 3.8) is 0 Å². The number of aliphatic imine (C=N–C) groups is 1. The Morgan fingerprint density at radius 2 is 1.95 bits per heavy atom. The van der Waals surface area contributed by atoms with E-state index in [0.717, 1.165) is 12.4 Å². The molecule has 1 aliphatic rings. The van der Waals surface area contributed by atoms with E-state index in [1.54, 1.807) is 11.3 Å². The molecule has 0 saturated carbocycles. The van der Waals surface area contributed by atoms with Gasteiger partial charge in [0.25, 0.3) is 0 Å². The summed E-state index contributed by atoms with van der Waals surface area (Å²) in [7, 11) is 0. The third-order valence-corrected chi connectivity index (χ3v) is 4.85. The molecule has 2 nitrogen and oxygen atoms in total. The van der Waals surface area contributed by atoms with Gasteiger partial charge in [-0.25, -0.2) is 0 Å². The van der Waals surface area contributed by atoms with Gasteiger partial charge < -0.3 is 4.74 Å². The summed E-state index contributed by atoms with van der Waals surface area (Å²) in [5, 5.41) is 4.35. The molecular formula is C19H23NOS. The monoisotopic (exact) mass is 313 g/mol. The van der Waals surface area contributed by atoms with Crippen molar-refractivity contribution >= 4 is 17.2 Å². The van der Waals surface area contributed by atoms with Crippen molar-refractivity contribution in [2.24, 2.45) is 10.4 Å². The molecule has 116 valence electrons. The zero-order valence-corrected chi connectivity index (χ0v) is 14.5. The Bertz CT molecular complexity index is 667. The Morgan fingerprint density at radius 3 is 2.59 bits per heavy atom. The van der Waals surface area contributed by atoms with Crippen molar-refractivity contribution in [2.75, 3.05) is 6.54 Å². The van der Waals surface area contributed by atoms with Crippen molar-refractivity contribution < 1.29 is 4.74 Å². The molecule has 1 aromatic heterocycles. The molecular weight excluding hydrogens is 290 g/mol. The summed E-state index contributed by atoms with van der Waals surface area (Å²) in [5.74, 6) is 1.16. The van der Waals surface area contributed by atoms with E-state index in [9.17, 15) is 0 Å². The summed E-state index contributed by atoms with van der Waals surface area (Å²) in [6.07, 6.45) is 0.0440. The van der Waals surface area contributed by atoms with Gasteiger partial charge in [-0.05, 0) is 40.4 Å². The van der Waals surface area contributed by atoms with Crippen LogP contribution in [-0.4, -0.2) is 12.4 Å². The van der Waals surface area contributed by atoms with E-state index in [1.807, 2.05) is 0 Å². The molecule has 0 fully saturated rings. The van der Waals surface area contributed by atoms with Gasteiger partial charge in [-0.1, -0.05) is 45.0 Å². The van der Waals surface area contributed by atoms with Crippen LogP contribution in [0.2, 0.25) is 0 Å². The van der Waals surface area contributed by atoms with E-state index in [4.69, 9.17) is 9.73 Å². The number of hydrogen-bond donors (Lipinski definition) is 0. The van der Waals surface area contributed by atoms with Crippen LogP contribution in [0.5, 0.6) is 0 Å². The van der Waals surface area contributed by atoms with Crippen LogP contribution in [-0.2, 0) is 4.74 Å². The van der Waals surface area contributed by atoms with Gasteiger partial charge in [0.05, 0.1) is 6.54 Å². The SMILES string of the molecule is Cc1ccccc1[C@H]1OC(C(C)(C)C)=NC[C@@H]1c1ccsc1. The van der Waals surface area contributed by atoms with Crippen LogP contribution in [0.4, 0.5) is 0 Å². The molecule has 0 radical (unpaired) electrons. The highest BCUT2D eigenvalue weighted by molar-refractivity contribution is 7.08. The summed E-state index contributed by atoms with van der Waals surface area (Å²) in [4.78, 5) is 4.74. The normalized spacial score (nSPS) is 22.1. The predicted octanol–water partition coefficient (Wildman–Crippen LogP) is 5.36. The molecule has 2 atom stereocenters. The second kappa shape index (κ2) is 5.88. The standard InChI is InChI=1S/C19H23NOS/c1-13-7-5-6-8-15(13)17-16(14-9-10-22-12-14)11-20-18(21-17)19(2,3)4/h5-10,12,16-17H,11H2,1-4H3/t16-,17-/m1/s1. The quantitative estimate of drug-likeness (QED) is 0.731. The molecule has 22 heavy (non-hydrogen) atoms. The fourth-order valence-corrected chi connectivity index (χ4v) is 3.61. The third-order valence-electron chi connectivity index (χ3n) is 4.14. The van der Waals surface area contributed by atoms with Crippen molar-refractivity contribution in [3.05, 3.63) is 57.8 Å². The number of thiophene rings is 1. The Morgan fingerprint density at radius 1 is 1.18 bits per heavy atom. The van der Waals surface area contributed by atoms with Crippen molar-refractivity contribution in [2.45, 2.75) is 39.7 Å². The van der Waals surface area contributed by atoms with Crippen molar-refractivity contribution in [1.29, 1.82) is 0 Å². The first kappa shape index (κ1) is 15.3. The topological polar surface area (TPSA) is 21.6 Å². The maximum atomic E-state index is 6.41. The first-order valence-corrected chi connectivity index (χ1v) is 8.70. The van der Waals surface area contributed by atoms with E-state index >= 15 is 0 Å².